The van der Waals surface area contributed by atoms with Gasteiger partial charge in [-0.05, 0) is 24.1 Å². The van der Waals surface area contributed by atoms with Crippen molar-refractivity contribution in [1.29, 1.82) is 0 Å². The average Bonchev–Trinajstić information content (AvgIpc) is 3.17. The first kappa shape index (κ1) is 17.2. The highest BCUT2D eigenvalue weighted by Crippen LogP contribution is 2.17. The van der Waals surface area contributed by atoms with Crippen LogP contribution in [0.25, 0.3) is 0 Å². The number of benzene rings is 1. The SMILES string of the molecule is CCC(C(=O)Nc1cnn(Cc2cccc(F)c2)c1)n1cc(Cl)cn1. The minimum atomic E-state index is -0.459. The van der Waals surface area contributed by atoms with E-state index in [2.05, 4.69) is 15.5 Å². The van der Waals surface area contributed by atoms with E-state index in [0.717, 1.165) is 5.56 Å². The van der Waals surface area contributed by atoms with Crippen molar-refractivity contribution in [1.82, 2.24) is 19.6 Å². The van der Waals surface area contributed by atoms with Crippen molar-refractivity contribution < 1.29 is 9.18 Å². The molecule has 0 aliphatic heterocycles. The molecule has 1 unspecified atom stereocenters. The van der Waals surface area contributed by atoms with Crippen LogP contribution in [0.15, 0.2) is 49.1 Å². The lowest BCUT2D eigenvalue weighted by Gasteiger charge is -2.14. The normalized spacial score (nSPS) is 12.1. The van der Waals surface area contributed by atoms with Crippen LogP contribution >= 0.6 is 11.6 Å². The Morgan fingerprint density at radius 2 is 2.16 bits per heavy atom. The lowest BCUT2D eigenvalue weighted by molar-refractivity contribution is -0.119. The first-order chi connectivity index (χ1) is 12.0. The van der Waals surface area contributed by atoms with Crippen LogP contribution < -0.4 is 5.32 Å². The highest BCUT2D eigenvalue weighted by atomic mass is 35.5. The molecule has 25 heavy (non-hydrogen) atoms. The summed E-state index contributed by atoms with van der Waals surface area (Å²) < 4.78 is 16.4. The zero-order chi connectivity index (χ0) is 17.8. The second-order valence-corrected chi connectivity index (χ2v) is 6.04. The molecule has 1 N–H and O–H groups in total. The molecule has 3 aromatic rings. The van der Waals surface area contributed by atoms with Crippen molar-refractivity contribution in [2.75, 3.05) is 5.32 Å². The Labute approximate surface area is 149 Å². The predicted molar refractivity (Wildman–Crippen MR) is 92.9 cm³/mol. The molecule has 0 fully saturated rings. The highest BCUT2D eigenvalue weighted by Gasteiger charge is 2.20. The Morgan fingerprint density at radius 1 is 1.32 bits per heavy atom. The molecule has 6 nitrogen and oxygen atoms in total. The molecule has 0 radical (unpaired) electrons. The van der Waals surface area contributed by atoms with Crippen molar-refractivity contribution in [2.45, 2.75) is 25.9 Å². The summed E-state index contributed by atoms with van der Waals surface area (Å²) >= 11 is 5.86. The van der Waals surface area contributed by atoms with E-state index in [1.807, 2.05) is 13.0 Å². The van der Waals surface area contributed by atoms with Gasteiger partial charge in [0.15, 0.2) is 0 Å². The molecule has 2 heterocycles. The number of carbonyl (C=O) groups excluding carboxylic acids is 1. The molecular weight excluding hydrogens is 345 g/mol. The lowest BCUT2D eigenvalue weighted by Crippen LogP contribution is -2.25. The van der Waals surface area contributed by atoms with Crippen molar-refractivity contribution in [3.63, 3.8) is 0 Å². The molecule has 0 aliphatic rings. The fourth-order valence-corrected chi connectivity index (χ4v) is 2.68. The van der Waals surface area contributed by atoms with Crippen LogP contribution in [0.1, 0.15) is 24.9 Å². The number of anilines is 1. The molecule has 0 spiro atoms. The zero-order valence-electron chi connectivity index (χ0n) is 13.6. The maximum Gasteiger partial charge on any atom is 0.249 e. The Hall–Kier alpha value is -2.67. The third-order valence-corrected chi connectivity index (χ3v) is 3.91. The fourth-order valence-electron chi connectivity index (χ4n) is 2.54. The summed E-state index contributed by atoms with van der Waals surface area (Å²) in [5, 5.41) is 11.6. The van der Waals surface area contributed by atoms with Gasteiger partial charge in [0.25, 0.3) is 0 Å². The van der Waals surface area contributed by atoms with Crippen molar-refractivity contribution in [2.24, 2.45) is 0 Å². The van der Waals surface area contributed by atoms with Crippen LogP contribution in [0.4, 0.5) is 10.1 Å². The van der Waals surface area contributed by atoms with Gasteiger partial charge in [-0.2, -0.15) is 10.2 Å². The number of nitrogens with zero attached hydrogens (tertiary/aromatic N) is 4. The van der Waals surface area contributed by atoms with Crippen LogP contribution in [-0.4, -0.2) is 25.5 Å². The van der Waals surface area contributed by atoms with E-state index in [9.17, 15) is 9.18 Å². The summed E-state index contributed by atoms with van der Waals surface area (Å²) in [5.74, 6) is -0.491. The van der Waals surface area contributed by atoms with E-state index < -0.39 is 6.04 Å². The highest BCUT2D eigenvalue weighted by molar-refractivity contribution is 6.30. The number of aromatic nitrogens is 4. The van der Waals surface area contributed by atoms with E-state index in [4.69, 9.17) is 11.6 Å². The van der Waals surface area contributed by atoms with Crippen LogP contribution in [-0.2, 0) is 11.3 Å². The van der Waals surface area contributed by atoms with Crippen molar-refractivity contribution in [3.8, 4) is 0 Å². The molecule has 2 aromatic heterocycles. The molecular formula is C17H17ClFN5O. The van der Waals surface area contributed by atoms with Gasteiger partial charge in [-0.1, -0.05) is 30.7 Å². The number of carbonyl (C=O) groups is 1. The van der Waals surface area contributed by atoms with Gasteiger partial charge < -0.3 is 5.32 Å². The van der Waals surface area contributed by atoms with E-state index in [1.54, 1.807) is 29.3 Å². The number of hydrogen-bond acceptors (Lipinski definition) is 3. The second-order valence-electron chi connectivity index (χ2n) is 5.61. The lowest BCUT2D eigenvalue weighted by atomic mass is 10.2. The molecule has 130 valence electrons. The summed E-state index contributed by atoms with van der Waals surface area (Å²) in [4.78, 5) is 12.5. The number of halogens is 2. The summed E-state index contributed by atoms with van der Waals surface area (Å²) in [6.07, 6.45) is 6.93. The van der Waals surface area contributed by atoms with Crippen LogP contribution in [0.5, 0.6) is 0 Å². The van der Waals surface area contributed by atoms with Gasteiger partial charge in [-0.3, -0.25) is 14.2 Å². The maximum absolute atomic E-state index is 13.2. The maximum atomic E-state index is 13.2. The van der Waals surface area contributed by atoms with Crippen LogP contribution in [0.2, 0.25) is 5.02 Å². The molecule has 0 saturated carbocycles. The summed E-state index contributed by atoms with van der Waals surface area (Å²) in [5.41, 5.74) is 1.36. The summed E-state index contributed by atoms with van der Waals surface area (Å²) in [6, 6.07) is 5.85. The predicted octanol–water partition coefficient (Wildman–Crippen LogP) is 3.51. The molecule has 1 amide bonds. The molecule has 8 heteroatoms. The van der Waals surface area contributed by atoms with Gasteiger partial charge in [0, 0.05) is 12.4 Å². The van der Waals surface area contributed by atoms with Crippen molar-refractivity contribution >= 4 is 23.2 Å². The zero-order valence-corrected chi connectivity index (χ0v) is 14.3. The molecule has 0 aliphatic carbocycles. The molecule has 3 rings (SSSR count). The molecule has 0 bridgehead atoms. The number of amides is 1. The largest absolute Gasteiger partial charge is 0.322 e. The van der Waals surface area contributed by atoms with E-state index >= 15 is 0 Å². The van der Waals surface area contributed by atoms with Gasteiger partial charge in [0.05, 0.1) is 29.6 Å². The average molecular weight is 362 g/mol. The van der Waals surface area contributed by atoms with Crippen LogP contribution in [0, 0.1) is 5.82 Å². The standard InChI is InChI=1S/C17H17ClFN5O/c1-2-16(24-10-13(18)7-21-24)17(25)22-15-8-20-23(11-15)9-12-4-3-5-14(19)6-12/h3-8,10-11,16H,2,9H2,1H3,(H,22,25). The van der Waals surface area contributed by atoms with Crippen molar-refractivity contribution in [3.05, 3.63) is 65.5 Å². The monoisotopic (exact) mass is 361 g/mol. The van der Waals surface area contributed by atoms with Gasteiger partial charge in [0.1, 0.15) is 11.9 Å². The third kappa shape index (κ3) is 4.24. The number of rotatable bonds is 6. The third-order valence-electron chi connectivity index (χ3n) is 3.71. The fraction of sp³-hybridized carbons (Fsp3) is 0.235. The van der Waals surface area contributed by atoms with E-state index in [0.29, 0.717) is 23.7 Å². The van der Waals surface area contributed by atoms with E-state index in [1.165, 1.54) is 23.0 Å². The molecule has 1 atom stereocenters. The number of hydrogen-bond donors (Lipinski definition) is 1. The van der Waals surface area contributed by atoms with Gasteiger partial charge >= 0.3 is 0 Å². The Morgan fingerprint density at radius 3 is 2.84 bits per heavy atom. The molecule has 0 saturated heterocycles. The topological polar surface area (TPSA) is 64.7 Å². The van der Waals surface area contributed by atoms with E-state index in [-0.39, 0.29) is 11.7 Å². The minimum Gasteiger partial charge on any atom is -0.322 e. The number of nitrogens with one attached hydrogen (secondary N) is 1. The van der Waals surface area contributed by atoms with Gasteiger partial charge in [-0.15, -0.1) is 0 Å². The van der Waals surface area contributed by atoms with Crippen LogP contribution in [0.3, 0.4) is 0 Å². The van der Waals surface area contributed by atoms with Gasteiger partial charge in [-0.25, -0.2) is 4.39 Å². The molecule has 1 aromatic carbocycles. The van der Waals surface area contributed by atoms with Gasteiger partial charge in [0.2, 0.25) is 5.91 Å². The minimum absolute atomic E-state index is 0.201. The smallest absolute Gasteiger partial charge is 0.249 e. The summed E-state index contributed by atoms with van der Waals surface area (Å²) in [7, 11) is 0. The Kier molecular flexibility index (Phi) is 5.14. The second kappa shape index (κ2) is 7.48. The first-order valence-electron chi connectivity index (χ1n) is 7.82. The Bertz CT molecular complexity index is 875. The Balaban J connectivity index is 1.67. The quantitative estimate of drug-likeness (QED) is 0.730. The first-order valence-corrected chi connectivity index (χ1v) is 8.20. The summed E-state index contributed by atoms with van der Waals surface area (Å²) in [6.45, 7) is 2.31.